The molecule has 1 aromatic heterocycles. The fourth-order valence-corrected chi connectivity index (χ4v) is 2.09. The van der Waals surface area contributed by atoms with Crippen LogP contribution < -0.4 is 10.1 Å². The van der Waals surface area contributed by atoms with Crippen LogP contribution in [0.4, 0.5) is 17.2 Å². The van der Waals surface area contributed by atoms with Gasteiger partial charge in [-0.05, 0) is 24.3 Å². The number of hydrogen-bond donors (Lipinski definition) is 1. The highest BCUT2D eigenvalue weighted by atomic mass is 35.5. The number of anilines is 2. The van der Waals surface area contributed by atoms with Crippen LogP contribution in [0.2, 0.25) is 5.15 Å². The van der Waals surface area contributed by atoms with Gasteiger partial charge in [0, 0.05) is 23.9 Å². The van der Waals surface area contributed by atoms with Crippen molar-refractivity contribution >= 4 is 28.8 Å². The first kappa shape index (κ1) is 15.7. The monoisotopic (exact) mass is 342 g/mol. The number of ether oxygens (including phenoxy) is 1. The van der Waals surface area contributed by atoms with Crippen LogP contribution in [0.3, 0.4) is 0 Å². The van der Waals surface area contributed by atoms with Crippen molar-refractivity contribution in [3.05, 3.63) is 75.9 Å². The summed E-state index contributed by atoms with van der Waals surface area (Å²) in [5.74, 6) is 0.839. The molecule has 0 saturated carbocycles. The highest BCUT2D eigenvalue weighted by Crippen LogP contribution is 2.25. The summed E-state index contributed by atoms with van der Waals surface area (Å²) < 4.78 is 5.50. The molecule has 0 bridgehead atoms. The summed E-state index contributed by atoms with van der Waals surface area (Å²) in [4.78, 5) is 18.4. The van der Waals surface area contributed by atoms with Crippen LogP contribution in [-0.4, -0.2) is 14.9 Å². The number of hydrogen-bond acceptors (Lipinski definition) is 6. The SMILES string of the molecule is O=[N+]([O-])c1ccc(Oc2nc(Cl)cc(Nc3ccccc3)n2)cc1. The van der Waals surface area contributed by atoms with E-state index >= 15 is 0 Å². The minimum absolute atomic E-state index is 0.0270. The molecule has 0 aliphatic heterocycles. The number of non-ortho nitro benzene ring substituents is 1. The number of nitrogens with zero attached hydrogens (tertiary/aromatic N) is 3. The van der Waals surface area contributed by atoms with E-state index in [4.69, 9.17) is 16.3 Å². The topological polar surface area (TPSA) is 90.2 Å². The van der Waals surface area contributed by atoms with Crippen LogP contribution in [0.25, 0.3) is 0 Å². The number of nitrogens with one attached hydrogen (secondary N) is 1. The van der Waals surface area contributed by atoms with Gasteiger partial charge in [-0.1, -0.05) is 29.8 Å². The minimum Gasteiger partial charge on any atom is -0.424 e. The van der Waals surface area contributed by atoms with Gasteiger partial charge < -0.3 is 10.1 Å². The zero-order chi connectivity index (χ0) is 16.9. The van der Waals surface area contributed by atoms with Crippen LogP contribution >= 0.6 is 11.6 Å². The molecule has 0 aliphatic rings. The number of aromatic nitrogens is 2. The predicted octanol–water partition coefficient (Wildman–Crippen LogP) is 4.57. The summed E-state index contributed by atoms with van der Waals surface area (Å²) in [6, 6.07) is 16.7. The van der Waals surface area contributed by atoms with Gasteiger partial charge in [0.2, 0.25) is 0 Å². The van der Waals surface area contributed by atoms with Crippen molar-refractivity contribution in [3.63, 3.8) is 0 Å². The maximum atomic E-state index is 10.6. The molecule has 3 rings (SSSR count). The first-order valence-corrected chi connectivity index (χ1v) is 7.27. The zero-order valence-corrected chi connectivity index (χ0v) is 13.0. The van der Waals surface area contributed by atoms with Crippen molar-refractivity contribution in [1.29, 1.82) is 0 Å². The Bertz CT molecular complexity index is 857. The Labute approximate surface area is 142 Å². The van der Waals surface area contributed by atoms with Crippen molar-refractivity contribution in [2.45, 2.75) is 0 Å². The lowest BCUT2D eigenvalue weighted by Gasteiger charge is -2.08. The average molecular weight is 343 g/mol. The standard InChI is InChI=1S/C16H11ClN4O3/c17-14-10-15(18-11-4-2-1-3-5-11)20-16(19-14)24-13-8-6-12(7-9-13)21(22)23/h1-10H,(H,18,19,20). The van der Waals surface area contributed by atoms with E-state index in [1.165, 1.54) is 24.3 Å². The third-order valence-corrected chi connectivity index (χ3v) is 3.17. The van der Waals surface area contributed by atoms with Crippen LogP contribution in [0.5, 0.6) is 11.8 Å². The van der Waals surface area contributed by atoms with E-state index in [0.29, 0.717) is 11.6 Å². The van der Waals surface area contributed by atoms with Gasteiger partial charge in [-0.3, -0.25) is 10.1 Å². The van der Waals surface area contributed by atoms with Gasteiger partial charge in [0.1, 0.15) is 16.7 Å². The van der Waals surface area contributed by atoms with Gasteiger partial charge in [-0.25, -0.2) is 0 Å². The maximum absolute atomic E-state index is 10.6. The van der Waals surface area contributed by atoms with Gasteiger partial charge in [0.25, 0.3) is 5.69 Å². The molecule has 0 fully saturated rings. The lowest BCUT2D eigenvalue weighted by atomic mass is 10.3. The van der Waals surface area contributed by atoms with Gasteiger partial charge in [0.15, 0.2) is 0 Å². The van der Waals surface area contributed by atoms with E-state index in [1.807, 2.05) is 30.3 Å². The van der Waals surface area contributed by atoms with Crippen LogP contribution in [0.15, 0.2) is 60.7 Å². The normalized spacial score (nSPS) is 10.2. The van der Waals surface area contributed by atoms with Gasteiger partial charge in [-0.2, -0.15) is 9.97 Å². The van der Waals surface area contributed by atoms with Crippen molar-refractivity contribution in [3.8, 4) is 11.8 Å². The lowest BCUT2D eigenvalue weighted by Crippen LogP contribution is -1.98. The minimum atomic E-state index is -0.485. The van der Waals surface area contributed by atoms with E-state index in [9.17, 15) is 10.1 Å². The molecule has 0 saturated heterocycles. The van der Waals surface area contributed by atoms with Crippen LogP contribution in [0, 0.1) is 10.1 Å². The molecule has 0 radical (unpaired) electrons. The number of rotatable bonds is 5. The zero-order valence-electron chi connectivity index (χ0n) is 12.2. The second kappa shape index (κ2) is 6.93. The average Bonchev–Trinajstić information content (AvgIpc) is 2.55. The third kappa shape index (κ3) is 3.96. The second-order valence-electron chi connectivity index (χ2n) is 4.70. The smallest absolute Gasteiger partial charge is 0.325 e. The van der Waals surface area contributed by atoms with Gasteiger partial charge in [0.05, 0.1) is 4.92 Å². The second-order valence-corrected chi connectivity index (χ2v) is 5.09. The number of nitro benzene ring substituents is 1. The summed E-state index contributed by atoms with van der Waals surface area (Å²) in [6.45, 7) is 0. The summed E-state index contributed by atoms with van der Waals surface area (Å²) in [5, 5.41) is 13.9. The van der Waals surface area contributed by atoms with Crippen molar-refractivity contribution in [1.82, 2.24) is 9.97 Å². The Hall–Kier alpha value is -3.19. The molecule has 0 amide bonds. The number of benzene rings is 2. The quantitative estimate of drug-likeness (QED) is 0.415. The van der Waals surface area contributed by atoms with E-state index in [2.05, 4.69) is 15.3 Å². The maximum Gasteiger partial charge on any atom is 0.325 e. The lowest BCUT2D eigenvalue weighted by molar-refractivity contribution is -0.384. The molecule has 24 heavy (non-hydrogen) atoms. The molecule has 3 aromatic rings. The van der Waals surface area contributed by atoms with Crippen LogP contribution in [0.1, 0.15) is 0 Å². The molecule has 0 aliphatic carbocycles. The van der Waals surface area contributed by atoms with Crippen molar-refractivity contribution in [2.24, 2.45) is 0 Å². The first-order chi connectivity index (χ1) is 11.6. The van der Waals surface area contributed by atoms with Crippen molar-refractivity contribution in [2.75, 3.05) is 5.32 Å². The Morgan fingerprint density at radius 3 is 2.42 bits per heavy atom. The fraction of sp³-hybridized carbons (Fsp3) is 0. The molecule has 0 atom stereocenters. The van der Waals surface area contributed by atoms with Crippen LogP contribution in [-0.2, 0) is 0 Å². The van der Waals surface area contributed by atoms with E-state index < -0.39 is 4.92 Å². The fourth-order valence-electron chi connectivity index (χ4n) is 1.92. The highest BCUT2D eigenvalue weighted by Gasteiger charge is 2.09. The summed E-state index contributed by atoms with van der Waals surface area (Å²) in [7, 11) is 0. The highest BCUT2D eigenvalue weighted by molar-refractivity contribution is 6.29. The van der Waals surface area contributed by atoms with E-state index in [-0.39, 0.29) is 16.9 Å². The molecule has 1 heterocycles. The number of nitro groups is 1. The molecular weight excluding hydrogens is 332 g/mol. The van der Waals surface area contributed by atoms with Gasteiger partial charge in [-0.15, -0.1) is 0 Å². The molecule has 8 heteroatoms. The molecular formula is C16H11ClN4O3. The number of halogens is 1. The predicted molar refractivity (Wildman–Crippen MR) is 89.9 cm³/mol. The molecule has 2 aromatic carbocycles. The summed E-state index contributed by atoms with van der Waals surface area (Å²) >= 11 is 5.99. The Kier molecular flexibility index (Phi) is 4.53. The van der Waals surface area contributed by atoms with Crippen molar-refractivity contribution < 1.29 is 9.66 Å². The van der Waals surface area contributed by atoms with E-state index in [0.717, 1.165) is 5.69 Å². The Morgan fingerprint density at radius 1 is 1.04 bits per heavy atom. The third-order valence-electron chi connectivity index (χ3n) is 2.98. The molecule has 7 nitrogen and oxygen atoms in total. The van der Waals surface area contributed by atoms with Gasteiger partial charge >= 0.3 is 6.01 Å². The molecule has 0 spiro atoms. The Morgan fingerprint density at radius 2 is 1.75 bits per heavy atom. The largest absolute Gasteiger partial charge is 0.424 e. The summed E-state index contributed by atoms with van der Waals surface area (Å²) in [5.41, 5.74) is 0.814. The summed E-state index contributed by atoms with van der Waals surface area (Å²) in [6.07, 6.45) is 0. The molecule has 0 unspecified atom stereocenters. The number of para-hydroxylation sites is 1. The molecule has 120 valence electrons. The first-order valence-electron chi connectivity index (χ1n) is 6.89. The Balaban J connectivity index is 1.79. The van der Waals surface area contributed by atoms with E-state index in [1.54, 1.807) is 6.07 Å². The molecule has 1 N–H and O–H groups in total.